The van der Waals surface area contributed by atoms with Crippen molar-refractivity contribution in [3.05, 3.63) is 75.8 Å². The molecule has 5 nitrogen and oxygen atoms in total. The van der Waals surface area contributed by atoms with Gasteiger partial charge in [0.05, 0.1) is 17.4 Å². The number of hydrogen-bond donors (Lipinski definition) is 1. The molecule has 3 aromatic rings. The second-order valence-electron chi connectivity index (χ2n) is 5.72. The Labute approximate surface area is 140 Å². The zero-order chi connectivity index (χ0) is 17.1. The molecule has 0 aliphatic carbocycles. The fourth-order valence-corrected chi connectivity index (χ4v) is 2.60. The summed E-state index contributed by atoms with van der Waals surface area (Å²) < 4.78 is 0. The third-order valence-corrected chi connectivity index (χ3v) is 3.97. The number of carbonyl (C=O) groups excluding carboxylic acids is 1. The average molecular weight is 321 g/mol. The van der Waals surface area contributed by atoms with Gasteiger partial charge in [0.25, 0.3) is 11.5 Å². The SMILES string of the molecule is CCN(Cc1nc2ccccc2c(=O)[nH]1)C(=O)c1ccc(C)cc1. The first-order chi connectivity index (χ1) is 11.6. The summed E-state index contributed by atoms with van der Waals surface area (Å²) in [6, 6.07) is 14.6. The predicted molar refractivity (Wildman–Crippen MR) is 94.0 cm³/mol. The molecule has 0 atom stereocenters. The summed E-state index contributed by atoms with van der Waals surface area (Å²) in [6.07, 6.45) is 0. The fourth-order valence-electron chi connectivity index (χ4n) is 2.60. The molecule has 0 fully saturated rings. The van der Waals surface area contributed by atoms with Crippen molar-refractivity contribution < 1.29 is 4.79 Å². The molecule has 1 amide bonds. The molecule has 122 valence electrons. The molecule has 0 spiro atoms. The number of fused-ring (bicyclic) bond motifs is 1. The van der Waals surface area contributed by atoms with Gasteiger partial charge in [0.15, 0.2) is 0 Å². The summed E-state index contributed by atoms with van der Waals surface area (Å²) in [5.41, 5.74) is 2.19. The molecule has 1 heterocycles. The van der Waals surface area contributed by atoms with Crippen LogP contribution in [0, 0.1) is 6.92 Å². The highest BCUT2D eigenvalue weighted by molar-refractivity contribution is 5.94. The molecule has 1 aromatic heterocycles. The van der Waals surface area contributed by atoms with Crippen LogP contribution in [0.1, 0.15) is 28.7 Å². The number of benzene rings is 2. The van der Waals surface area contributed by atoms with Crippen molar-refractivity contribution in [3.63, 3.8) is 0 Å². The van der Waals surface area contributed by atoms with Crippen molar-refractivity contribution in [2.45, 2.75) is 20.4 Å². The molecule has 0 saturated carbocycles. The minimum atomic E-state index is -0.186. The zero-order valence-corrected chi connectivity index (χ0v) is 13.7. The first kappa shape index (κ1) is 15.9. The van der Waals surface area contributed by atoms with Gasteiger partial charge < -0.3 is 9.88 Å². The summed E-state index contributed by atoms with van der Waals surface area (Å²) in [5.74, 6) is 0.411. The summed E-state index contributed by atoms with van der Waals surface area (Å²) >= 11 is 0. The molecule has 0 saturated heterocycles. The Balaban J connectivity index is 1.89. The van der Waals surface area contributed by atoms with Crippen molar-refractivity contribution in [1.29, 1.82) is 0 Å². The van der Waals surface area contributed by atoms with E-state index >= 15 is 0 Å². The van der Waals surface area contributed by atoms with Gasteiger partial charge in [0, 0.05) is 12.1 Å². The number of H-pyrrole nitrogens is 1. The number of aromatic amines is 1. The van der Waals surface area contributed by atoms with Crippen LogP contribution in [0.15, 0.2) is 53.3 Å². The van der Waals surface area contributed by atoms with E-state index in [1.165, 1.54) is 0 Å². The topological polar surface area (TPSA) is 66.1 Å². The van der Waals surface area contributed by atoms with Gasteiger partial charge in [0.1, 0.15) is 5.82 Å². The second-order valence-corrected chi connectivity index (χ2v) is 5.72. The molecule has 2 aromatic carbocycles. The largest absolute Gasteiger partial charge is 0.331 e. The number of aromatic nitrogens is 2. The van der Waals surface area contributed by atoms with Crippen molar-refractivity contribution in [1.82, 2.24) is 14.9 Å². The predicted octanol–water partition coefficient (Wildman–Crippen LogP) is 2.89. The Morgan fingerprint density at radius 3 is 2.54 bits per heavy atom. The highest BCUT2D eigenvalue weighted by atomic mass is 16.2. The van der Waals surface area contributed by atoms with Crippen molar-refractivity contribution in [2.75, 3.05) is 6.54 Å². The maximum Gasteiger partial charge on any atom is 0.258 e. The lowest BCUT2D eigenvalue weighted by Crippen LogP contribution is -2.31. The summed E-state index contributed by atoms with van der Waals surface area (Å²) in [6.45, 7) is 4.69. The number of nitrogens with zero attached hydrogens (tertiary/aromatic N) is 2. The molecule has 1 N–H and O–H groups in total. The van der Waals surface area contributed by atoms with Crippen LogP contribution in [-0.4, -0.2) is 27.3 Å². The van der Waals surface area contributed by atoms with Crippen molar-refractivity contribution >= 4 is 16.8 Å². The number of nitrogens with one attached hydrogen (secondary N) is 1. The molecule has 0 aliphatic rings. The van der Waals surface area contributed by atoms with Crippen LogP contribution in [0.3, 0.4) is 0 Å². The van der Waals surface area contributed by atoms with E-state index in [4.69, 9.17) is 0 Å². The number of hydrogen-bond acceptors (Lipinski definition) is 3. The third kappa shape index (κ3) is 3.20. The van der Waals surface area contributed by atoms with E-state index in [2.05, 4.69) is 9.97 Å². The first-order valence-corrected chi connectivity index (χ1v) is 7.92. The van der Waals surface area contributed by atoms with Gasteiger partial charge in [-0.05, 0) is 38.1 Å². The van der Waals surface area contributed by atoms with Crippen LogP contribution >= 0.6 is 0 Å². The highest BCUT2D eigenvalue weighted by Crippen LogP contribution is 2.11. The van der Waals surface area contributed by atoms with E-state index in [0.29, 0.717) is 28.8 Å². The maximum atomic E-state index is 12.6. The van der Waals surface area contributed by atoms with E-state index in [0.717, 1.165) is 5.56 Å². The van der Waals surface area contributed by atoms with Crippen LogP contribution in [0.5, 0.6) is 0 Å². The second kappa shape index (κ2) is 6.66. The van der Waals surface area contributed by atoms with Crippen LogP contribution < -0.4 is 5.56 Å². The summed E-state index contributed by atoms with van der Waals surface area (Å²) in [4.78, 5) is 33.7. The van der Waals surface area contributed by atoms with Gasteiger partial charge in [-0.25, -0.2) is 4.98 Å². The van der Waals surface area contributed by atoms with E-state index in [-0.39, 0.29) is 18.0 Å². The Bertz CT molecular complexity index is 929. The van der Waals surface area contributed by atoms with E-state index in [1.54, 1.807) is 23.1 Å². The molecule has 0 bridgehead atoms. The van der Waals surface area contributed by atoms with Crippen LogP contribution in [0.25, 0.3) is 10.9 Å². The monoisotopic (exact) mass is 321 g/mol. The van der Waals surface area contributed by atoms with Crippen LogP contribution in [-0.2, 0) is 6.54 Å². The van der Waals surface area contributed by atoms with Crippen LogP contribution in [0.2, 0.25) is 0 Å². The normalized spacial score (nSPS) is 10.8. The first-order valence-electron chi connectivity index (χ1n) is 7.92. The van der Waals surface area contributed by atoms with Gasteiger partial charge in [-0.1, -0.05) is 29.8 Å². The summed E-state index contributed by atoms with van der Waals surface area (Å²) in [7, 11) is 0. The fraction of sp³-hybridized carbons (Fsp3) is 0.211. The molecule has 0 unspecified atom stereocenters. The minimum absolute atomic E-state index is 0.0756. The molecule has 24 heavy (non-hydrogen) atoms. The molecule has 5 heteroatoms. The zero-order valence-electron chi connectivity index (χ0n) is 13.7. The van der Waals surface area contributed by atoms with Gasteiger partial charge in [-0.2, -0.15) is 0 Å². The lowest BCUT2D eigenvalue weighted by molar-refractivity contribution is 0.0748. The number of para-hydroxylation sites is 1. The van der Waals surface area contributed by atoms with E-state index in [1.807, 2.05) is 44.2 Å². The molecular formula is C19H19N3O2. The van der Waals surface area contributed by atoms with Crippen LogP contribution in [0.4, 0.5) is 0 Å². The number of carbonyl (C=O) groups is 1. The molecule has 3 rings (SSSR count). The molecular weight excluding hydrogens is 302 g/mol. The Kier molecular flexibility index (Phi) is 4.42. The number of amides is 1. The highest BCUT2D eigenvalue weighted by Gasteiger charge is 2.16. The van der Waals surface area contributed by atoms with E-state index in [9.17, 15) is 9.59 Å². The van der Waals surface area contributed by atoms with E-state index < -0.39 is 0 Å². The standard InChI is InChI=1S/C19H19N3O2/c1-3-22(19(24)14-10-8-13(2)9-11-14)12-17-20-16-7-5-4-6-15(16)18(23)21-17/h4-11H,3,12H2,1-2H3,(H,20,21,23). The van der Waals surface area contributed by atoms with Gasteiger partial charge in [-0.15, -0.1) is 0 Å². The van der Waals surface area contributed by atoms with Gasteiger partial charge in [-0.3, -0.25) is 9.59 Å². The lowest BCUT2D eigenvalue weighted by Gasteiger charge is -2.20. The molecule has 0 radical (unpaired) electrons. The smallest absolute Gasteiger partial charge is 0.258 e. The van der Waals surface area contributed by atoms with Gasteiger partial charge in [0.2, 0.25) is 0 Å². The average Bonchev–Trinajstić information content (AvgIpc) is 2.60. The van der Waals surface area contributed by atoms with Gasteiger partial charge >= 0.3 is 0 Å². The number of rotatable bonds is 4. The number of aryl methyl sites for hydroxylation is 1. The van der Waals surface area contributed by atoms with Crippen molar-refractivity contribution in [3.8, 4) is 0 Å². The Hall–Kier alpha value is -2.95. The Morgan fingerprint density at radius 1 is 1.12 bits per heavy atom. The summed E-state index contributed by atoms with van der Waals surface area (Å²) in [5, 5.41) is 0.550. The molecule has 0 aliphatic heterocycles. The lowest BCUT2D eigenvalue weighted by atomic mass is 10.1. The maximum absolute atomic E-state index is 12.6. The quantitative estimate of drug-likeness (QED) is 0.803. The van der Waals surface area contributed by atoms with Crippen molar-refractivity contribution in [2.24, 2.45) is 0 Å². The minimum Gasteiger partial charge on any atom is -0.331 e. The third-order valence-electron chi connectivity index (χ3n) is 3.97. The Morgan fingerprint density at radius 2 is 1.83 bits per heavy atom.